The van der Waals surface area contributed by atoms with E-state index in [2.05, 4.69) is 15.8 Å². The highest BCUT2D eigenvalue weighted by atomic mass is 28.2. The molecule has 16 heavy (non-hydrogen) atoms. The van der Waals surface area contributed by atoms with Crippen molar-refractivity contribution < 1.29 is 9.47 Å². The van der Waals surface area contributed by atoms with Crippen molar-refractivity contribution in [2.24, 2.45) is 0 Å². The van der Waals surface area contributed by atoms with Gasteiger partial charge in [0.1, 0.15) is 15.4 Å². The molecule has 1 aliphatic heterocycles. The SMILES string of the molecule is CCOC(OCC)[SiH2]CNN1CCNCC1. The minimum Gasteiger partial charge on any atom is -0.357 e. The van der Waals surface area contributed by atoms with E-state index in [4.69, 9.17) is 9.47 Å². The van der Waals surface area contributed by atoms with Crippen LogP contribution < -0.4 is 10.7 Å². The van der Waals surface area contributed by atoms with Gasteiger partial charge in [0.25, 0.3) is 0 Å². The Balaban J connectivity index is 2.06. The van der Waals surface area contributed by atoms with Crippen LogP contribution in [0, 0.1) is 0 Å². The topological polar surface area (TPSA) is 45.8 Å². The van der Waals surface area contributed by atoms with Crippen LogP contribution in [-0.2, 0) is 9.47 Å². The average molecular weight is 247 g/mol. The number of ether oxygens (including phenoxy) is 2. The summed E-state index contributed by atoms with van der Waals surface area (Å²) in [6.07, 6.45) is 1.05. The molecule has 1 fully saturated rings. The second-order valence-electron chi connectivity index (χ2n) is 3.77. The van der Waals surface area contributed by atoms with Crippen LogP contribution in [0.2, 0.25) is 0 Å². The Hall–Kier alpha value is 0.0169. The minimum absolute atomic E-state index is 0.0745. The highest BCUT2D eigenvalue weighted by Gasteiger charge is 2.11. The first-order valence-corrected chi connectivity index (χ1v) is 8.10. The van der Waals surface area contributed by atoms with Crippen LogP contribution in [0.3, 0.4) is 0 Å². The Labute approximate surface area is 101 Å². The van der Waals surface area contributed by atoms with Crippen LogP contribution >= 0.6 is 0 Å². The zero-order chi connectivity index (χ0) is 11.6. The molecular weight excluding hydrogens is 222 g/mol. The molecule has 0 aliphatic carbocycles. The van der Waals surface area contributed by atoms with Crippen LogP contribution in [0.1, 0.15) is 13.8 Å². The van der Waals surface area contributed by atoms with Gasteiger partial charge in [-0.2, -0.15) is 0 Å². The second-order valence-corrected chi connectivity index (χ2v) is 5.52. The van der Waals surface area contributed by atoms with Gasteiger partial charge in [-0.1, -0.05) is 0 Å². The number of hydrazine groups is 1. The van der Waals surface area contributed by atoms with Crippen LogP contribution in [0.15, 0.2) is 0 Å². The van der Waals surface area contributed by atoms with Gasteiger partial charge in [0.15, 0.2) is 0 Å². The van der Waals surface area contributed by atoms with Crippen molar-refractivity contribution in [1.82, 2.24) is 15.8 Å². The minimum atomic E-state index is -0.359. The lowest BCUT2D eigenvalue weighted by atomic mass is 10.4. The molecule has 6 heteroatoms. The molecule has 0 amide bonds. The maximum Gasteiger partial charge on any atom is 0.136 e. The first-order chi connectivity index (χ1) is 7.86. The van der Waals surface area contributed by atoms with E-state index in [0.29, 0.717) is 0 Å². The molecule has 1 saturated heterocycles. The summed E-state index contributed by atoms with van der Waals surface area (Å²) in [7, 11) is -0.359. The number of piperazine rings is 1. The van der Waals surface area contributed by atoms with E-state index in [1.165, 1.54) is 0 Å². The Morgan fingerprint density at radius 2 is 1.88 bits per heavy atom. The summed E-state index contributed by atoms with van der Waals surface area (Å²) < 4.78 is 11.1. The van der Waals surface area contributed by atoms with Gasteiger partial charge in [-0.05, 0) is 13.8 Å². The van der Waals surface area contributed by atoms with Gasteiger partial charge >= 0.3 is 0 Å². The molecule has 0 radical (unpaired) electrons. The number of nitrogens with one attached hydrogen (secondary N) is 2. The van der Waals surface area contributed by atoms with Crippen LogP contribution in [0.4, 0.5) is 0 Å². The maximum absolute atomic E-state index is 5.54. The normalized spacial score (nSPS) is 18.9. The molecule has 96 valence electrons. The highest BCUT2D eigenvalue weighted by molar-refractivity contribution is 6.36. The fourth-order valence-electron chi connectivity index (χ4n) is 1.75. The van der Waals surface area contributed by atoms with Gasteiger partial charge in [0.05, 0.1) is 0 Å². The Bertz CT molecular complexity index is 162. The molecular formula is C10H25N3O2Si. The average Bonchev–Trinajstić information content (AvgIpc) is 2.31. The fourth-order valence-corrected chi connectivity index (χ4v) is 3.24. The zero-order valence-electron chi connectivity index (χ0n) is 10.5. The molecule has 2 N–H and O–H groups in total. The molecule has 1 heterocycles. The molecule has 0 unspecified atom stereocenters. The van der Waals surface area contributed by atoms with E-state index in [0.717, 1.165) is 45.6 Å². The molecule has 5 nitrogen and oxygen atoms in total. The Kier molecular flexibility index (Phi) is 8.00. The predicted octanol–water partition coefficient (Wildman–Crippen LogP) is -1.12. The monoisotopic (exact) mass is 247 g/mol. The number of hydrogen-bond acceptors (Lipinski definition) is 5. The molecule has 0 aromatic heterocycles. The number of rotatable bonds is 8. The van der Waals surface area contributed by atoms with Crippen LogP contribution in [0.25, 0.3) is 0 Å². The Morgan fingerprint density at radius 3 is 2.44 bits per heavy atom. The van der Waals surface area contributed by atoms with Gasteiger partial charge in [-0.25, -0.2) is 5.01 Å². The summed E-state index contributed by atoms with van der Waals surface area (Å²) in [5.74, 6) is 0.0745. The van der Waals surface area contributed by atoms with Crippen molar-refractivity contribution in [3.05, 3.63) is 0 Å². The third-order valence-corrected chi connectivity index (χ3v) is 3.99. The van der Waals surface area contributed by atoms with Crippen LogP contribution in [-0.4, -0.2) is 66.0 Å². The first kappa shape index (κ1) is 14.1. The smallest absolute Gasteiger partial charge is 0.136 e. The third kappa shape index (κ3) is 5.93. The molecule has 1 aliphatic rings. The van der Waals surface area contributed by atoms with Gasteiger partial charge in [-0.3, -0.25) is 5.43 Å². The van der Waals surface area contributed by atoms with Crippen molar-refractivity contribution in [3.8, 4) is 0 Å². The summed E-state index contributed by atoms with van der Waals surface area (Å²) in [5, 5.41) is 5.62. The van der Waals surface area contributed by atoms with Crippen LogP contribution in [0.5, 0.6) is 0 Å². The second kappa shape index (κ2) is 9.09. The molecule has 0 bridgehead atoms. The van der Waals surface area contributed by atoms with Gasteiger partial charge in [0.2, 0.25) is 0 Å². The third-order valence-electron chi connectivity index (χ3n) is 2.54. The van der Waals surface area contributed by atoms with Gasteiger partial charge < -0.3 is 14.8 Å². The summed E-state index contributed by atoms with van der Waals surface area (Å²) in [6.45, 7) is 9.85. The predicted molar refractivity (Wildman–Crippen MR) is 68.0 cm³/mol. The van der Waals surface area contributed by atoms with E-state index < -0.39 is 0 Å². The van der Waals surface area contributed by atoms with Crippen molar-refractivity contribution in [2.45, 2.75) is 19.8 Å². The summed E-state index contributed by atoms with van der Waals surface area (Å²) >= 11 is 0. The highest BCUT2D eigenvalue weighted by Crippen LogP contribution is 1.93. The fraction of sp³-hybridized carbons (Fsp3) is 1.00. The van der Waals surface area contributed by atoms with Crippen molar-refractivity contribution in [3.63, 3.8) is 0 Å². The molecule has 0 atom stereocenters. The van der Waals surface area contributed by atoms with E-state index in [-0.39, 0.29) is 15.4 Å². The summed E-state index contributed by atoms with van der Waals surface area (Å²) in [4.78, 5) is 0. The molecule has 0 aromatic rings. The molecule has 1 rings (SSSR count). The largest absolute Gasteiger partial charge is 0.357 e. The van der Waals surface area contributed by atoms with E-state index in [1.807, 2.05) is 13.8 Å². The lowest BCUT2D eigenvalue weighted by Crippen LogP contribution is -2.52. The Morgan fingerprint density at radius 1 is 1.25 bits per heavy atom. The summed E-state index contributed by atoms with van der Waals surface area (Å²) in [5.41, 5.74) is 3.46. The van der Waals surface area contributed by atoms with Gasteiger partial charge in [-0.15, -0.1) is 0 Å². The van der Waals surface area contributed by atoms with E-state index in [9.17, 15) is 0 Å². The van der Waals surface area contributed by atoms with Gasteiger partial charge in [0, 0.05) is 45.6 Å². The number of hydrogen-bond donors (Lipinski definition) is 2. The molecule has 0 spiro atoms. The quantitative estimate of drug-likeness (QED) is 0.420. The summed E-state index contributed by atoms with van der Waals surface area (Å²) in [6, 6.07) is 0. The lowest BCUT2D eigenvalue weighted by molar-refractivity contribution is -0.0831. The zero-order valence-corrected chi connectivity index (χ0v) is 11.9. The van der Waals surface area contributed by atoms with Crippen molar-refractivity contribution in [2.75, 3.05) is 45.6 Å². The molecule has 0 saturated carbocycles. The lowest BCUT2D eigenvalue weighted by Gasteiger charge is -2.28. The standard InChI is InChI=1S/C10H25N3O2Si/c1-3-14-10(15-4-2)16-9-12-13-7-5-11-6-8-13/h10-12H,3-9,16H2,1-2H3. The van der Waals surface area contributed by atoms with E-state index in [1.54, 1.807) is 0 Å². The van der Waals surface area contributed by atoms with E-state index >= 15 is 0 Å². The van der Waals surface area contributed by atoms with Crippen molar-refractivity contribution in [1.29, 1.82) is 0 Å². The maximum atomic E-state index is 5.54. The number of nitrogens with zero attached hydrogens (tertiary/aromatic N) is 1. The first-order valence-electron chi connectivity index (χ1n) is 6.29. The van der Waals surface area contributed by atoms with Crippen molar-refractivity contribution >= 4 is 9.52 Å². The molecule has 0 aromatic carbocycles.